The Morgan fingerprint density at radius 1 is 1.59 bits per heavy atom. The summed E-state index contributed by atoms with van der Waals surface area (Å²) >= 11 is 1.65. The van der Waals surface area contributed by atoms with Crippen LogP contribution >= 0.6 is 11.3 Å². The number of rotatable bonds is 5. The van der Waals surface area contributed by atoms with Crippen molar-refractivity contribution in [3.05, 3.63) is 28.8 Å². The molecule has 0 saturated heterocycles. The first-order valence-corrected chi connectivity index (χ1v) is 6.48. The van der Waals surface area contributed by atoms with E-state index >= 15 is 0 Å². The van der Waals surface area contributed by atoms with Crippen molar-refractivity contribution in [3.8, 4) is 10.6 Å². The molecular weight excluding hydrogens is 234 g/mol. The van der Waals surface area contributed by atoms with E-state index in [0.29, 0.717) is 12.8 Å². The number of primary amides is 1. The third-order valence-corrected chi connectivity index (χ3v) is 3.56. The molecule has 0 aliphatic heterocycles. The first-order chi connectivity index (χ1) is 8.22. The Bertz CT molecular complexity index is 502. The summed E-state index contributed by atoms with van der Waals surface area (Å²) in [5, 5.41) is 9.40. The van der Waals surface area contributed by atoms with E-state index in [0.717, 1.165) is 28.2 Å². The van der Waals surface area contributed by atoms with Crippen LogP contribution in [0, 0.1) is 0 Å². The van der Waals surface area contributed by atoms with E-state index in [1.807, 2.05) is 17.5 Å². The van der Waals surface area contributed by atoms with Crippen LogP contribution in [0.25, 0.3) is 10.6 Å². The van der Waals surface area contributed by atoms with Crippen molar-refractivity contribution in [2.24, 2.45) is 5.73 Å². The van der Waals surface area contributed by atoms with Crippen molar-refractivity contribution in [2.45, 2.75) is 26.2 Å². The van der Waals surface area contributed by atoms with E-state index in [4.69, 9.17) is 5.73 Å². The lowest BCUT2D eigenvalue weighted by Crippen LogP contribution is -2.11. The molecule has 0 aromatic carbocycles. The number of carbonyl (C=O) groups excluding carboxylic acids is 1. The molecular formula is C12H15N3OS. The van der Waals surface area contributed by atoms with Gasteiger partial charge in [-0.3, -0.25) is 9.89 Å². The van der Waals surface area contributed by atoms with E-state index in [-0.39, 0.29) is 5.91 Å². The monoisotopic (exact) mass is 249 g/mol. The number of amides is 1. The predicted octanol–water partition coefficient (Wildman–Crippen LogP) is 2.12. The minimum atomic E-state index is -0.273. The van der Waals surface area contributed by atoms with Gasteiger partial charge in [0.25, 0.3) is 0 Å². The molecule has 0 spiro atoms. The second-order valence-electron chi connectivity index (χ2n) is 3.83. The van der Waals surface area contributed by atoms with Gasteiger partial charge in [-0.05, 0) is 24.3 Å². The van der Waals surface area contributed by atoms with Crippen molar-refractivity contribution in [1.82, 2.24) is 10.2 Å². The number of aromatic nitrogens is 2. The molecule has 0 atom stereocenters. The van der Waals surface area contributed by atoms with Gasteiger partial charge >= 0.3 is 0 Å². The zero-order valence-corrected chi connectivity index (χ0v) is 10.5. The first-order valence-electron chi connectivity index (χ1n) is 5.60. The molecule has 17 heavy (non-hydrogen) atoms. The Hall–Kier alpha value is -1.62. The van der Waals surface area contributed by atoms with Crippen LogP contribution in [0.3, 0.4) is 0 Å². The molecule has 0 fully saturated rings. The topological polar surface area (TPSA) is 71.8 Å². The SMILES string of the molecule is CCc1[nH]nc(-c2cccs2)c1CCC(N)=O. The lowest BCUT2D eigenvalue weighted by molar-refractivity contribution is -0.117. The third kappa shape index (κ3) is 2.55. The predicted molar refractivity (Wildman–Crippen MR) is 68.8 cm³/mol. The largest absolute Gasteiger partial charge is 0.370 e. The minimum Gasteiger partial charge on any atom is -0.370 e. The summed E-state index contributed by atoms with van der Waals surface area (Å²) in [5.74, 6) is -0.273. The zero-order valence-electron chi connectivity index (χ0n) is 9.69. The smallest absolute Gasteiger partial charge is 0.217 e. The van der Waals surface area contributed by atoms with Crippen LogP contribution < -0.4 is 5.73 Å². The van der Waals surface area contributed by atoms with Crippen molar-refractivity contribution in [2.75, 3.05) is 0 Å². The molecule has 4 nitrogen and oxygen atoms in total. The van der Waals surface area contributed by atoms with Gasteiger partial charge in [-0.25, -0.2) is 0 Å². The van der Waals surface area contributed by atoms with Gasteiger partial charge in [-0.2, -0.15) is 5.10 Å². The van der Waals surface area contributed by atoms with Crippen LogP contribution in [0.5, 0.6) is 0 Å². The number of hydrogen-bond acceptors (Lipinski definition) is 3. The maximum absolute atomic E-state index is 10.9. The molecule has 0 bridgehead atoms. The summed E-state index contributed by atoms with van der Waals surface area (Å²) in [6, 6.07) is 4.03. The quantitative estimate of drug-likeness (QED) is 0.852. The standard InChI is InChI=1S/C12H15N3OS/c1-2-9-8(5-6-11(13)16)12(15-14-9)10-4-3-7-17-10/h3-4,7H,2,5-6H2,1H3,(H2,13,16)(H,14,15). The minimum absolute atomic E-state index is 0.273. The molecule has 90 valence electrons. The average Bonchev–Trinajstić information content (AvgIpc) is 2.94. The molecule has 2 rings (SSSR count). The molecule has 0 aliphatic rings. The molecule has 2 aromatic heterocycles. The summed E-state index contributed by atoms with van der Waals surface area (Å²) in [7, 11) is 0. The van der Waals surface area contributed by atoms with Gasteiger partial charge in [-0.15, -0.1) is 11.3 Å². The number of H-pyrrole nitrogens is 1. The van der Waals surface area contributed by atoms with Gasteiger partial charge < -0.3 is 5.73 Å². The van der Waals surface area contributed by atoms with Crippen molar-refractivity contribution >= 4 is 17.2 Å². The van der Waals surface area contributed by atoms with E-state index in [1.54, 1.807) is 11.3 Å². The summed E-state index contributed by atoms with van der Waals surface area (Å²) in [4.78, 5) is 12.0. The lowest BCUT2D eigenvalue weighted by Gasteiger charge is -2.01. The summed E-state index contributed by atoms with van der Waals surface area (Å²) in [5.41, 5.74) is 8.37. The summed E-state index contributed by atoms with van der Waals surface area (Å²) in [6.07, 6.45) is 1.90. The van der Waals surface area contributed by atoms with Gasteiger partial charge in [0.2, 0.25) is 5.91 Å². The number of aromatic amines is 1. The second kappa shape index (κ2) is 5.14. The summed E-state index contributed by atoms with van der Waals surface area (Å²) in [6.45, 7) is 2.07. The number of hydrogen-bond donors (Lipinski definition) is 2. The number of aryl methyl sites for hydroxylation is 1. The molecule has 2 aromatic rings. The molecule has 0 aliphatic carbocycles. The third-order valence-electron chi connectivity index (χ3n) is 2.68. The Labute approximate surface area is 104 Å². The Balaban J connectivity index is 2.32. The molecule has 3 N–H and O–H groups in total. The first kappa shape index (κ1) is 11.9. The molecule has 1 amide bonds. The molecule has 5 heteroatoms. The zero-order chi connectivity index (χ0) is 12.3. The Morgan fingerprint density at radius 2 is 2.41 bits per heavy atom. The highest BCUT2D eigenvalue weighted by Crippen LogP contribution is 2.28. The van der Waals surface area contributed by atoms with Crippen molar-refractivity contribution < 1.29 is 4.79 Å². The van der Waals surface area contributed by atoms with Crippen LogP contribution in [-0.4, -0.2) is 16.1 Å². The second-order valence-corrected chi connectivity index (χ2v) is 4.77. The molecule has 0 radical (unpaired) electrons. The van der Waals surface area contributed by atoms with Crippen LogP contribution in [0.4, 0.5) is 0 Å². The number of carbonyl (C=O) groups is 1. The van der Waals surface area contributed by atoms with Crippen LogP contribution in [0.15, 0.2) is 17.5 Å². The highest BCUT2D eigenvalue weighted by molar-refractivity contribution is 7.13. The van der Waals surface area contributed by atoms with Gasteiger partial charge in [0, 0.05) is 17.7 Å². The fourth-order valence-corrected chi connectivity index (χ4v) is 2.57. The summed E-state index contributed by atoms with van der Waals surface area (Å²) < 4.78 is 0. The van der Waals surface area contributed by atoms with E-state index in [1.165, 1.54) is 0 Å². The van der Waals surface area contributed by atoms with Crippen molar-refractivity contribution in [3.63, 3.8) is 0 Å². The van der Waals surface area contributed by atoms with E-state index in [2.05, 4.69) is 17.1 Å². The number of nitrogens with one attached hydrogen (secondary N) is 1. The molecule has 0 saturated carbocycles. The molecule has 2 heterocycles. The van der Waals surface area contributed by atoms with E-state index < -0.39 is 0 Å². The number of nitrogens with zero attached hydrogens (tertiary/aromatic N) is 1. The fraction of sp³-hybridized carbons (Fsp3) is 0.333. The highest BCUT2D eigenvalue weighted by atomic mass is 32.1. The maximum atomic E-state index is 10.9. The Morgan fingerprint density at radius 3 is 3.00 bits per heavy atom. The normalized spacial score (nSPS) is 10.6. The van der Waals surface area contributed by atoms with Crippen molar-refractivity contribution in [1.29, 1.82) is 0 Å². The lowest BCUT2D eigenvalue weighted by atomic mass is 10.0. The fourth-order valence-electron chi connectivity index (χ4n) is 1.83. The van der Waals surface area contributed by atoms with Crippen LogP contribution in [-0.2, 0) is 17.6 Å². The van der Waals surface area contributed by atoms with E-state index in [9.17, 15) is 4.79 Å². The number of thiophene rings is 1. The highest BCUT2D eigenvalue weighted by Gasteiger charge is 2.14. The van der Waals surface area contributed by atoms with Gasteiger partial charge in [0.05, 0.1) is 4.88 Å². The Kier molecular flexibility index (Phi) is 3.58. The average molecular weight is 249 g/mol. The number of nitrogens with two attached hydrogens (primary N) is 1. The van der Waals surface area contributed by atoms with Gasteiger partial charge in [-0.1, -0.05) is 13.0 Å². The maximum Gasteiger partial charge on any atom is 0.217 e. The molecule has 0 unspecified atom stereocenters. The van der Waals surface area contributed by atoms with Gasteiger partial charge in [0.15, 0.2) is 0 Å². The van der Waals surface area contributed by atoms with Gasteiger partial charge in [0.1, 0.15) is 5.69 Å². The van der Waals surface area contributed by atoms with Crippen LogP contribution in [0.1, 0.15) is 24.6 Å². The van der Waals surface area contributed by atoms with Crippen LogP contribution in [0.2, 0.25) is 0 Å².